The van der Waals surface area contributed by atoms with Gasteiger partial charge in [0.15, 0.2) is 0 Å². The van der Waals surface area contributed by atoms with Crippen molar-refractivity contribution < 1.29 is 4.79 Å². The van der Waals surface area contributed by atoms with Gasteiger partial charge in [0, 0.05) is 43.5 Å². The van der Waals surface area contributed by atoms with Gasteiger partial charge in [-0.25, -0.2) is 4.98 Å². The Balaban J connectivity index is 1.34. The van der Waals surface area contributed by atoms with Gasteiger partial charge in [0.1, 0.15) is 5.69 Å². The number of hydrogen-bond donors (Lipinski definition) is 1. The number of amides is 1. The highest BCUT2D eigenvalue weighted by Crippen LogP contribution is 2.35. The third-order valence-corrected chi connectivity index (χ3v) is 7.53. The molecule has 0 spiro atoms. The quantitative estimate of drug-likeness (QED) is 0.603. The molecule has 3 heterocycles. The molecule has 2 fully saturated rings. The zero-order valence-corrected chi connectivity index (χ0v) is 19.5. The van der Waals surface area contributed by atoms with Crippen molar-refractivity contribution >= 4 is 16.8 Å². The number of rotatable bonds is 5. The zero-order chi connectivity index (χ0) is 23.4. The second kappa shape index (κ2) is 9.90. The molecule has 1 saturated heterocycles. The third kappa shape index (κ3) is 4.67. The van der Waals surface area contributed by atoms with Gasteiger partial charge in [-0.3, -0.25) is 14.7 Å². The van der Waals surface area contributed by atoms with Crippen LogP contribution in [0.5, 0.6) is 0 Å². The van der Waals surface area contributed by atoms with E-state index in [2.05, 4.69) is 27.3 Å². The fourth-order valence-electron chi connectivity index (χ4n) is 5.47. The molecule has 1 saturated carbocycles. The van der Waals surface area contributed by atoms with Crippen molar-refractivity contribution in [2.45, 2.75) is 62.9 Å². The molecule has 0 atom stereocenters. The summed E-state index contributed by atoms with van der Waals surface area (Å²) in [6.45, 7) is 2.40. The minimum Gasteiger partial charge on any atom is -0.348 e. The van der Waals surface area contributed by atoms with Crippen molar-refractivity contribution in [1.29, 1.82) is 5.26 Å². The standard InChI is InChI=1S/C28H31N5O/c29-20-28(22-10-14-30-15-11-22)12-16-33(17-13-28)19-21-18-26(32-25-9-5-4-8-24(21)25)27(34)31-23-6-2-1-3-7-23/h4-5,8-11,14-15,18,23H,1-3,6-7,12-13,16-17,19H2,(H,31,34). The fourth-order valence-corrected chi connectivity index (χ4v) is 5.47. The minimum absolute atomic E-state index is 0.0706. The van der Waals surface area contributed by atoms with Gasteiger partial charge in [-0.05, 0) is 61.1 Å². The van der Waals surface area contributed by atoms with Crippen LogP contribution in [-0.4, -0.2) is 39.9 Å². The van der Waals surface area contributed by atoms with Crippen LogP contribution in [0.2, 0.25) is 0 Å². The molecule has 0 radical (unpaired) electrons. The summed E-state index contributed by atoms with van der Waals surface area (Å²) in [6.07, 6.45) is 10.8. The zero-order valence-electron chi connectivity index (χ0n) is 19.5. The monoisotopic (exact) mass is 453 g/mol. The summed E-state index contributed by atoms with van der Waals surface area (Å²) in [4.78, 5) is 24.2. The van der Waals surface area contributed by atoms with Crippen LogP contribution in [0.1, 0.15) is 66.6 Å². The van der Waals surface area contributed by atoms with Crippen molar-refractivity contribution in [2.75, 3.05) is 13.1 Å². The van der Waals surface area contributed by atoms with Crippen molar-refractivity contribution in [3.05, 3.63) is 71.7 Å². The van der Waals surface area contributed by atoms with Gasteiger partial charge in [0.25, 0.3) is 5.91 Å². The molecule has 3 aromatic rings. The molecular weight excluding hydrogens is 422 g/mol. The second-order valence-corrected chi connectivity index (χ2v) is 9.70. The van der Waals surface area contributed by atoms with E-state index < -0.39 is 5.41 Å². The first kappa shape index (κ1) is 22.5. The Labute approximate surface area is 201 Å². The number of pyridine rings is 2. The predicted octanol–water partition coefficient (Wildman–Crippen LogP) is 4.75. The van der Waals surface area contributed by atoms with E-state index in [1.165, 1.54) is 19.3 Å². The highest BCUT2D eigenvalue weighted by molar-refractivity contribution is 5.96. The van der Waals surface area contributed by atoms with Gasteiger partial charge in [-0.1, -0.05) is 37.5 Å². The summed E-state index contributed by atoms with van der Waals surface area (Å²) < 4.78 is 0. The molecule has 1 amide bonds. The average molecular weight is 454 g/mol. The van der Waals surface area contributed by atoms with E-state index in [0.717, 1.165) is 67.3 Å². The van der Waals surface area contributed by atoms with Crippen LogP contribution in [0.3, 0.4) is 0 Å². The number of nitriles is 1. The lowest BCUT2D eigenvalue weighted by molar-refractivity contribution is 0.0922. The Bertz CT molecular complexity index is 1190. The number of aromatic nitrogens is 2. The Morgan fingerprint density at radius 2 is 1.82 bits per heavy atom. The number of para-hydroxylation sites is 1. The van der Waals surface area contributed by atoms with E-state index in [1.54, 1.807) is 12.4 Å². The van der Waals surface area contributed by atoms with Gasteiger partial charge >= 0.3 is 0 Å². The maximum Gasteiger partial charge on any atom is 0.270 e. The van der Waals surface area contributed by atoms with E-state index >= 15 is 0 Å². The molecule has 5 rings (SSSR count). The topological polar surface area (TPSA) is 81.9 Å². The molecule has 1 aromatic carbocycles. The number of carbonyl (C=O) groups is 1. The first-order valence-electron chi connectivity index (χ1n) is 12.4. The molecule has 6 nitrogen and oxygen atoms in total. The Morgan fingerprint density at radius 1 is 1.09 bits per heavy atom. The van der Waals surface area contributed by atoms with Gasteiger partial charge in [-0.15, -0.1) is 0 Å². The molecule has 1 N–H and O–H groups in total. The van der Waals surface area contributed by atoms with Gasteiger partial charge in [-0.2, -0.15) is 5.26 Å². The highest BCUT2D eigenvalue weighted by Gasteiger charge is 2.36. The minimum atomic E-state index is -0.454. The summed E-state index contributed by atoms with van der Waals surface area (Å²) >= 11 is 0. The van der Waals surface area contributed by atoms with Crippen LogP contribution in [0, 0.1) is 11.3 Å². The lowest BCUT2D eigenvalue weighted by atomic mass is 9.74. The van der Waals surface area contributed by atoms with Crippen molar-refractivity contribution in [2.24, 2.45) is 0 Å². The van der Waals surface area contributed by atoms with Gasteiger partial charge in [0.05, 0.1) is 17.0 Å². The number of benzene rings is 1. The molecule has 34 heavy (non-hydrogen) atoms. The number of fused-ring (bicyclic) bond motifs is 1. The molecule has 1 aliphatic carbocycles. The molecule has 2 aliphatic rings. The predicted molar refractivity (Wildman–Crippen MR) is 132 cm³/mol. The summed E-state index contributed by atoms with van der Waals surface area (Å²) in [5.41, 5.74) is 3.08. The van der Waals surface area contributed by atoms with Crippen LogP contribution < -0.4 is 5.32 Å². The summed E-state index contributed by atoms with van der Waals surface area (Å²) in [7, 11) is 0. The van der Waals surface area contributed by atoms with Crippen LogP contribution >= 0.6 is 0 Å². The molecule has 6 heteroatoms. The molecule has 0 unspecified atom stereocenters. The number of nitrogens with one attached hydrogen (secondary N) is 1. The Hall–Kier alpha value is -3.30. The van der Waals surface area contributed by atoms with Crippen LogP contribution in [0.15, 0.2) is 54.9 Å². The number of piperidine rings is 1. The smallest absolute Gasteiger partial charge is 0.270 e. The number of likely N-dealkylation sites (tertiary alicyclic amines) is 1. The van der Waals surface area contributed by atoms with E-state index in [0.29, 0.717) is 5.69 Å². The second-order valence-electron chi connectivity index (χ2n) is 9.70. The van der Waals surface area contributed by atoms with Crippen molar-refractivity contribution in [3.8, 4) is 6.07 Å². The molecule has 174 valence electrons. The molecular formula is C28H31N5O. The third-order valence-electron chi connectivity index (χ3n) is 7.53. The van der Waals surface area contributed by atoms with Crippen LogP contribution in [0.25, 0.3) is 10.9 Å². The first-order chi connectivity index (χ1) is 16.7. The largest absolute Gasteiger partial charge is 0.348 e. The average Bonchev–Trinajstić information content (AvgIpc) is 2.90. The van der Waals surface area contributed by atoms with E-state index in [9.17, 15) is 10.1 Å². The molecule has 2 aromatic heterocycles. The van der Waals surface area contributed by atoms with Crippen LogP contribution in [0.4, 0.5) is 0 Å². The summed E-state index contributed by atoms with van der Waals surface area (Å²) in [6, 6.07) is 16.8. The summed E-state index contributed by atoms with van der Waals surface area (Å²) in [5, 5.41) is 14.3. The number of hydrogen-bond acceptors (Lipinski definition) is 5. The fraction of sp³-hybridized carbons (Fsp3) is 0.429. The number of nitrogens with zero attached hydrogens (tertiary/aromatic N) is 4. The van der Waals surface area contributed by atoms with E-state index in [-0.39, 0.29) is 11.9 Å². The Kier molecular flexibility index (Phi) is 6.55. The Morgan fingerprint density at radius 3 is 2.56 bits per heavy atom. The van der Waals surface area contributed by atoms with Crippen molar-refractivity contribution in [1.82, 2.24) is 20.2 Å². The maximum atomic E-state index is 13.1. The van der Waals surface area contributed by atoms with Crippen LogP contribution in [-0.2, 0) is 12.0 Å². The normalized spacial score (nSPS) is 18.9. The van der Waals surface area contributed by atoms with E-state index in [4.69, 9.17) is 4.98 Å². The first-order valence-corrected chi connectivity index (χ1v) is 12.4. The van der Waals surface area contributed by atoms with E-state index in [1.807, 2.05) is 36.4 Å². The molecule has 0 bridgehead atoms. The lowest BCUT2D eigenvalue weighted by Crippen LogP contribution is -2.41. The SMILES string of the molecule is N#CC1(c2ccncc2)CCN(Cc2cc(C(=O)NC3CCCCC3)nc3ccccc23)CC1. The lowest BCUT2D eigenvalue weighted by Gasteiger charge is -2.37. The van der Waals surface area contributed by atoms with Gasteiger partial charge < -0.3 is 5.32 Å². The summed E-state index contributed by atoms with van der Waals surface area (Å²) in [5.74, 6) is -0.0706. The maximum absolute atomic E-state index is 13.1. The van der Waals surface area contributed by atoms with Gasteiger partial charge in [0.2, 0.25) is 0 Å². The van der Waals surface area contributed by atoms with Crippen molar-refractivity contribution in [3.63, 3.8) is 0 Å². The molecule has 1 aliphatic heterocycles. The highest BCUT2D eigenvalue weighted by atomic mass is 16.1. The number of carbonyl (C=O) groups excluding carboxylic acids is 1.